The van der Waals surface area contributed by atoms with Gasteiger partial charge in [0.25, 0.3) is 11.5 Å². The van der Waals surface area contributed by atoms with Gasteiger partial charge in [0.05, 0.1) is 5.69 Å². The maximum Gasteiger partial charge on any atom is 0.271 e. The van der Waals surface area contributed by atoms with Gasteiger partial charge in [-0.1, -0.05) is 25.7 Å². The Hall–Kier alpha value is -2.50. The summed E-state index contributed by atoms with van der Waals surface area (Å²) in [4.78, 5) is 24.4. The van der Waals surface area contributed by atoms with Crippen molar-refractivity contribution in [1.29, 1.82) is 0 Å². The van der Waals surface area contributed by atoms with Gasteiger partial charge in [-0.3, -0.25) is 9.59 Å². The molecule has 1 N–H and O–H groups in total. The highest BCUT2D eigenvalue weighted by Gasteiger charge is 2.17. The number of nitrogens with one attached hydrogen (secondary N) is 1. The number of rotatable bonds is 3. The zero-order valence-electron chi connectivity index (χ0n) is 13.4. The number of halogens is 1. The Morgan fingerprint density at radius 1 is 1.04 bits per heavy atom. The molecule has 0 radical (unpaired) electrons. The molecule has 6 heteroatoms. The first-order chi connectivity index (χ1) is 11.6. The van der Waals surface area contributed by atoms with E-state index in [-0.39, 0.29) is 23.2 Å². The molecule has 0 unspecified atom stereocenters. The minimum Gasteiger partial charge on any atom is -0.348 e. The van der Waals surface area contributed by atoms with Crippen LogP contribution in [0.15, 0.2) is 41.2 Å². The van der Waals surface area contributed by atoms with Crippen LogP contribution in [0.1, 0.15) is 49.0 Å². The lowest BCUT2D eigenvalue weighted by atomic mass is 10.1. The van der Waals surface area contributed by atoms with Crippen molar-refractivity contribution in [2.45, 2.75) is 44.6 Å². The molecule has 5 nitrogen and oxygen atoms in total. The highest BCUT2D eigenvalue weighted by molar-refractivity contribution is 5.92. The Morgan fingerprint density at radius 2 is 1.71 bits per heavy atom. The Morgan fingerprint density at radius 3 is 2.38 bits per heavy atom. The van der Waals surface area contributed by atoms with Crippen LogP contribution in [0.2, 0.25) is 0 Å². The summed E-state index contributed by atoms with van der Waals surface area (Å²) < 4.78 is 14.1. The van der Waals surface area contributed by atoms with Gasteiger partial charge in [0, 0.05) is 12.1 Å². The number of amides is 1. The van der Waals surface area contributed by atoms with Gasteiger partial charge in [-0.2, -0.15) is 9.78 Å². The van der Waals surface area contributed by atoms with Gasteiger partial charge in [-0.25, -0.2) is 4.39 Å². The Kier molecular flexibility index (Phi) is 5.03. The number of benzene rings is 1. The van der Waals surface area contributed by atoms with Crippen molar-refractivity contribution in [2.75, 3.05) is 0 Å². The molecule has 0 bridgehead atoms. The summed E-state index contributed by atoms with van der Waals surface area (Å²) in [5.74, 6) is -0.674. The summed E-state index contributed by atoms with van der Waals surface area (Å²) in [5.41, 5.74) is 0.237. The van der Waals surface area contributed by atoms with Crippen LogP contribution in [-0.4, -0.2) is 21.7 Å². The number of hydrogen-bond acceptors (Lipinski definition) is 3. The lowest BCUT2D eigenvalue weighted by Gasteiger charge is -2.16. The first-order valence-electron chi connectivity index (χ1n) is 8.31. The number of hydrogen-bond donors (Lipinski definition) is 1. The van der Waals surface area contributed by atoms with Crippen molar-refractivity contribution in [3.05, 3.63) is 58.3 Å². The Bertz CT molecular complexity index is 763. The van der Waals surface area contributed by atoms with Crippen molar-refractivity contribution >= 4 is 5.91 Å². The fourth-order valence-electron chi connectivity index (χ4n) is 2.98. The maximum atomic E-state index is 13.0. The molecule has 0 aliphatic heterocycles. The van der Waals surface area contributed by atoms with Crippen molar-refractivity contribution < 1.29 is 9.18 Å². The molecular formula is C18H20FN3O2. The molecule has 0 saturated heterocycles. The van der Waals surface area contributed by atoms with E-state index in [0.29, 0.717) is 5.69 Å². The van der Waals surface area contributed by atoms with Crippen LogP contribution < -0.4 is 10.9 Å². The highest BCUT2D eigenvalue weighted by atomic mass is 19.1. The van der Waals surface area contributed by atoms with Crippen molar-refractivity contribution in [3.8, 4) is 5.69 Å². The predicted molar refractivity (Wildman–Crippen MR) is 88.7 cm³/mol. The van der Waals surface area contributed by atoms with E-state index in [0.717, 1.165) is 30.4 Å². The summed E-state index contributed by atoms with van der Waals surface area (Å²) in [6.07, 6.45) is 6.60. The SMILES string of the molecule is O=C(NC1CCCCCC1)c1ccc(=O)n(-c2ccc(F)cc2)n1. The predicted octanol–water partition coefficient (Wildman–Crippen LogP) is 2.82. The van der Waals surface area contributed by atoms with Crippen LogP contribution in [0, 0.1) is 5.82 Å². The molecule has 1 fully saturated rings. The van der Waals surface area contributed by atoms with E-state index >= 15 is 0 Å². The second kappa shape index (κ2) is 7.38. The largest absolute Gasteiger partial charge is 0.348 e. The number of nitrogens with zero attached hydrogens (tertiary/aromatic N) is 2. The van der Waals surface area contributed by atoms with E-state index in [1.54, 1.807) is 0 Å². The van der Waals surface area contributed by atoms with Crippen LogP contribution in [-0.2, 0) is 0 Å². The molecule has 1 saturated carbocycles. The minimum absolute atomic E-state index is 0.160. The van der Waals surface area contributed by atoms with Gasteiger partial charge >= 0.3 is 0 Å². The average molecular weight is 329 g/mol. The van der Waals surface area contributed by atoms with Gasteiger partial charge in [0.15, 0.2) is 0 Å². The van der Waals surface area contributed by atoms with Crippen molar-refractivity contribution in [3.63, 3.8) is 0 Å². The van der Waals surface area contributed by atoms with Crippen LogP contribution >= 0.6 is 0 Å². The molecule has 1 amide bonds. The molecule has 24 heavy (non-hydrogen) atoms. The number of carbonyl (C=O) groups excluding carboxylic acids is 1. The van der Waals surface area contributed by atoms with Crippen LogP contribution in [0.25, 0.3) is 5.69 Å². The molecule has 0 atom stereocenters. The minimum atomic E-state index is -0.394. The lowest BCUT2D eigenvalue weighted by Crippen LogP contribution is -2.36. The third-order valence-corrected chi connectivity index (χ3v) is 4.29. The summed E-state index contributed by atoms with van der Waals surface area (Å²) in [5, 5.41) is 7.14. The standard InChI is InChI=1S/C18H20FN3O2/c19-13-7-9-15(10-8-13)22-17(23)12-11-16(21-22)18(24)20-14-5-3-1-2-4-6-14/h7-12,14H,1-6H2,(H,20,24). The first kappa shape index (κ1) is 16.4. The molecule has 1 aromatic carbocycles. The summed E-state index contributed by atoms with van der Waals surface area (Å²) in [6.45, 7) is 0. The molecular weight excluding hydrogens is 309 g/mol. The van der Waals surface area contributed by atoms with Crippen LogP contribution in [0.5, 0.6) is 0 Å². The highest BCUT2D eigenvalue weighted by Crippen LogP contribution is 2.17. The van der Waals surface area contributed by atoms with Crippen molar-refractivity contribution in [1.82, 2.24) is 15.1 Å². The summed E-state index contributed by atoms with van der Waals surface area (Å²) >= 11 is 0. The van der Waals surface area contributed by atoms with E-state index in [4.69, 9.17) is 0 Å². The quantitative estimate of drug-likeness (QED) is 0.881. The molecule has 3 rings (SSSR count). The van der Waals surface area contributed by atoms with Gasteiger partial charge < -0.3 is 5.32 Å². The van der Waals surface area contributed by atoms with Crippen molar-refractivity contribution in [2.24, 2.45) is 0 Å². The molecule has 1 heterocycles. The number of carbonyl (C=O) groups is 1. The van der Waals surface area contributed by atoms with Gasteiger partial charge in [-0.15, -0.1) is 0 Å². The summed E-state index contributed by atoms with van der Waals surface area (Å²) in [7, 11) is 0. The maximum absolute atomic E-state index is 13.0. The Labute approximate surface area is 139 Å². The Balaban J connectivity index is 1.81. The lowest BCUT2D eigenvalue weighted by molar-refractivity contribution is 0.0926. The van der Waals surface area contributed by atoms with E-state index in [9.17, 15) is 14.0 Å². The van der Waals surface area contributed by atoms with Crippen LogP contribution in [0.3, 0.4) is 0 Å². The van der Waals surface area contributed by atoms with Crippen LogP contribution in [0.4, 0.5) is 4.39 Å². The zero-order chi connectivity index (χ0) is 16.9. The molecule has 1 aliphatic carbocycles. The molecule has 0 spiro atoms. The third kappa shape index (κ3) is 3.88. The smallest absolute Gasteiger partial charge is 0.271 e. The van der Waals surface area contributed by atoms with E-state index in [1.807, 2.05) is 0 Å². The van der Waals surface area contributed by atoms with E-state index in [2.05, 4.69) is 10.4 Å². The van der Waals surface area contributed by atoms with Gasteiger partial charge in [0.1, 0.15) is 11.5 Å². The molecule has 1 aromatic heterocycles. The third-order valence-electron chi connectivity index (χ3n) is 4.29. The second-order valence-electron chi connectivity index (χ2n) is 6.11. The zero-order valence-corrected chi connectivity index (χ0v) is 13.4. The normalized spacial score (nSPS) is 15.7. The fraction of sp³-hybridized carbons (Fsp3) is 0.389. The second-order valence-corrected chi connectivity index (χ2v) is 6.11. The molecule has 126 valence electrons. The number of aromatic nitrogens is 2. The van der Waals surface area contributed by atoms with E-state index in [1.165, 1.54) is 49.2 Å². The van der Waals surface area contributed by atoms with Gasteiger partial charge in [-0.05, 0) is 43.2 Å². The first-order valence-corrected chi connectivity index (χ1v) is 8.31. The van der Waals surface area contributed by atoms with E-state index < -0.39 is 5.82 Å². The molecule has 1 aliphatic rings. The topological polar surface area (TPSA) is 64.0 Å². The monoisotopic (exact) mass is 329 g/mol. The average Bonchev–Trinajstić information content (AvgIpc) is 2.85. The summed E-state index contributed by atoms with van der Waals surface area (Å²) in [6, 6.07) is 8.30. The molecule has 2 aromatic rings. The fourth-order valence-corrected chi connectivity index (χ4v) is 2.98. The van der Waals surface area contributed by atoms with Gasteiger partial charge in [0.2, 0.25) is 0 Å².